The third kappa shape index (κ3) is 3.21. The van der Waals surface area contributed by atoms with E-state index in [1.165, 1.54) is 12.1 Å². The molecule has 0 unspecified atom stereocenters. The highest BCUT2D eigenvalue weighted by molar-refractivity contribution is 9.08. The van der Waals surface area contributed by atoms with Gasteiger partial charge in [0.05, 0.1) is 0 Å². The van der Waals surface area contributed by atoms with Crippen LogP contribution in [0.3, 0.4) is 0 Å². The van der Waals surface area contributed by atoms with Crippen LogP contribution in [0.4, 0.5) is 13.2 Å². The van der Waals surface area contributed by atoms with Crippen molar-refractivity contribution in [1.29, 1.82) is 0 Å². The molecule has 0 spiro atoms. The van der Waals surface area contributed by atoms with E-state index in [-0.39, 0.29) is 5.75 Å². The quantitative estimate of drug-likeness (QED) is 0.761. The van der Waals surface area contributed by atoms with E-state index < -0.39 is 18.8 Å². The molecule has 1 aromatic rings. The number of hydrogen-bond acceptors (Lipinski definition) is 1. The lowest BCUT2D eigenvalue weighted by molar-refractivity contribution is 0.0817. The van der Waals surface area contributed by atoms with Gasteiger partial charge in [0.25, 0.3) is 6.43 Å². The summed E-state index contributed by atoms with van der Waals surface area (Å²) in [6, 6.07) is 4.05. The van der Waals surface area contributed by atoms with E-state index in [1.54, 1.807) is 0 Å². The molecule has 0 saturated heterocycles. The summed E-state index contributed by atoms with van der Waals surface area (Å²) in [6.45, 7) is -0.715. The van der Waals surface area contributed by atoms with Crippen molar-refractivity contribution in [1.82, 2.24) is 0 Å². The molecule has 0 amide bonds. The zero-order valence-corrected chi connectivity index (χ0v) is 8.73. The molecule has 0 bridgehead atoms. The van der Waals surface area contributed by atoms with Gasteiger partial charge in [0.2, 0.25) is 0 Å². The highest BCUT2D eigenvalue weighted by Gasteiger charge is 2.06. The summed E-state index contributed by atoms with van der Waals surface area (Å²) in [6.07, 6.45) is -2.55. The van der Waals surface area contributed by atoms with Crippen LogP contribution in [0.15, 0.2) is 18.2 Å². The molecular formula is C9H8BrF3O. The Kier molecular flexibility index (Phi) is 4.25. The average molecular weight is 269 g/mol. The fourth-order valence-corrected chi connectivity index (χ4v) is 1.34. The molecule has 0 aliphatic rings. The predicted octanol–water partition coefficient (Wildman–Crippen LogP) is 3.36. The number of hydrogen-bond donors (Lipinski definition) is 0. The summed E-state index contributed by atoms with van der Waals surface area (Å²) in [5.74, 6) is -0.346. The van der Waals surface area contributed by atoms with Gasteiger partial charge in [-0.1, -0.05) is 22.0 Å². The first kappa shape index (κ1) is 11.4. The summed E-state index contributed by atoms with van der Waals surface area (Å²) >= 11 is 3.09. The highest BCUT2D eigenvalue weighted by Crippen LogP contribution is 2.18. The van der Waals surface area contributed by atoms with E-state index in [0.29, 0.717) is 10.9 Å². The van der Waals surface area contributed by atoms with E-state index in [0.717, 1.165) is 6.07 Å². The summed E-state index contributed by atoms with van der Waals surface area (Å²) in [5, 5.41) is 0.383. The van der Waals surface area contributed by atoms with Gasteiger partial charge in [0.1, 0.15) is 18.2 Å². The first-order valence-electron chi connectivity index (χ1n) is 3.89. The minimum absolute atomic E-state index is 0.118. The molecule has 0 N–H and O–H groups in total. The van der Waals surface area contributed by atoms with Crippen LogP contribution < -0.4 is 4.74 Å². The molecule has 1 rings (SSSR count). The zero-order valence-electron chi connectivity index (χ0n) is 7.14. The molecule has 78 valence electrons. The third-order valence-corrected chi connectivity index (χ3v) is 2.15. The van der Waals surface area contributed by atoms with Crippen molar-refractivity contribution in [2.45, 2.75) is 11.8 Å². The van der Waals surface area contributed by atoms with E-state index in [1.807, 2.05) is 0 Å². The Morgan fingerprint density at radius 3 is 2.57 bits per heavy atom. The summed E-state index contributed by atoms with van der Waals surface area (Å²) < 4.78 is 41.2. The number of rotatable bonds is 4. The number of benzene rings is 1. The van der Waals surface area contributed by atoms with Crippen LogP contribution >= 0.6 is 15.9 Å². The first-order valence-corrected chi connectivity index (χ1v) is 5.01. The van der Waals surface area contributed by atoms with E-state index in [4.69, 9.17) is 0 Å². The number of alkyl halides is 3. The van der Waals surface area contributed by atoms with Gasteiger partial charge >= 0.3 is 0 Å². The van der Waals surface area contributed by atoms with E-state index >= 15 is 0 Å². The standard InChI is InChI=1S/C9H8BrF3O/c10-4-6-1-2-7(3-8(6)11)14-5-9(12)13/h1-3,9H,4-5H2. The predicted molar refractivity (Wildman–Crippen MR) is 50.5 cm³/mol. The Morgan fingerprint density at radius 1 is 1.36 bits per heavy atom. The Morgan fingerprint density at radius 2 is 2.07 bits per heavy atom. The summed E-state index contributed by atoms with van der Waals surface area (Å²) in [7, 11) is 0. The smallest absolute Gasteiger partial charge is 0.272 e. The van der Waals surface area contributed by atoms with Crippen LogP contribution in [0.25, 0.3) is 0 Å². The zero-order chi connectivity index (χ0) is 10.6. The van der Waals surface area contributed by atoms with Crippen LogP contribution in [0, 0.1) is 5.82 Å². The lowest BCUT2D eigenvalue weighted by Crippen LogP contribution is -2.07. The monoisotopic (exact) mass is 268 g/mol. The van der Waals surface area contributed by atoms with Gasteiger partial charge in [0.15, 0.2) is 0 Å². The molecule has 0 saturated carbocycles. The van der Waals surface area contributed by atoms with E-state index in [9.17, 15) is 13.2 Å². The highest BCUT2D eigenvalue weighted by atomic mass is 79.9. The lowest BCUT2D eigenvalue weighted by Gasteiger charge is -2.06. The second-order valence-electron chi connectivity index (χ2n) is 2.59. The van der Waals surface area contributed by atoms with Gasteiger partial charge in [-0.2, -0.15) is 0 Å². The maximum Gasteiger partial charge on any atom is 0.272 e. The molecule has 0 radical (unpaired) electrons. The van der Waals surface area contributed by atoms with Crippen LogP contribution in [0.5, 0.6) is 5.75 Å². The normalized spacial score (nSPS) is 10.6. The van der Waals surface area contributed by atoms with Crippen LogP contribution in [0.1, 0.15) is 5.56 Å². The number of ether oxygens (including phenoxy) is 1. The fourth-order valence-electron chi connectivity index (χ4n) is 0.885. The van der Waals surface area contributed by atoms with Gasteiger partial charge in [-0.05, 0) is 11.6 Å². The molecule has 0 fully saturated rings. The molecule has 0 atom stereocenters. The average Bonchev–Trinajstić information content (AvgIpc) is 2.15. The maximum absolute atomic E-state index is 13.1. The van der Waals surface area contributed by atoms with Crippen LogP contribution in [-0.2, 0) is 5.33 Å². The molecule has 5 heteroatoms. The van der Waals surface area contributed by atoms with Crippen molar-refractivity contribution in [3.63, 3.8) is 0 Å². The van der Waals surface area contributed by atoms with Crippen LogP contribution in [-0.4, -0.2) is 13.0 Å². The second-order valence-corrected chi connectivity index (χ2v) is 3.15. The second kappa shape index (κ2) is 5.24. The largest absolute Gasteiger partial charge is 0.488 e. The van der Waals surface area contributed by atoms with Gasteiger partial charge in [-0.25, -0.2) is 13.2 Å². The summed E-state index contributed by atoms with van der Waals surface area (Å²) in [5.41, 5.74) is 0.467. The molecule has 0 aliphatic carbocycles. The molecular weight excluding hydrogens is 261 g/mol. The maximum atomic E-state index is 13.1. The minimum atomic E-state index is -2.55. The van der Waals surface area contributed by atoms with Gasteiger partial charge in [0, 0.05) is 11.4 Å². The Balaban J connectivity index is 2.66. The van der Waals surface area contributed by atoms with Gasteiger partial charge in [-0.3, -0.25) is 0 Å². The van der Waals surface area contributed by atoms with Crippen molar-refractivity contribution >= 4 is 15.9 Å². The Bertz CT molecular complexity index is 304. The summed E-state index contributed by atoms with van der Waals surface area (Å²) in [4.78, 5) is 0. The Hall–Kier alpha value is -0.710. The minimum Gasteiger partial charge on any atom is -0.488 e. The third-order valence-electron chi connectivity index (χ3n) is 1.54. The SMILES string of the molecule is Fc1cc(OCC(F)F)ccc1CBr. The molecule has 0 aliphatic heterocycles. The van der Waals surface area contributed by atoms with E-state index in [2.05, 4.69) is 20.7 Å². The van der Waals surface area contributed by atoms with Crippen molar-refractivity contribution in [3.8, 4) is 5.75 Å². The van der Waals surface area contributed by atoms with Crippen molar-refractivity contribution in [2.75, 3.05) is 6.61 Å². The molecule has 0 aromatic heterocycles. The van der Waals surface area contributed by atoms with Crippen LogP contribution in [0.2, 0.25) is 0 Å². The molecule has 0 heterocycles. The van der Waals surface area contributed by atoms with Crippen molar-refractivity contribution in [3.05, 3.63) is 29.6 Å². The van der Waals surface area contributed by atoms with Crippen molar-refractivity contribution in [2.24, 2.45) is 0 Å². The number of halogens is 4. The molecule has 1 nitrogen and oxygen atoms in total. The molecule has 14 heavy (non-hydrogen) atoms. The Labute approximate surface area is 88.0 Å². The first-order chi connectivity index (χ1) is 6.63. The fraction of sp³-hybridized carbons (Fsp3) is 0.333. The topological polar surface area (TPSA) is 9.23 Å². The van der Waals surface area contributed by atoms with Crippen molar-refractivity contribution < 1.29 is 17.9 Å². The van der Waals surface area contributed by atoms with Gasteiger partial charge < -0.3 is 4.74 Å². The van der Waals surface area contributed by atoms with Gasteiger partial charge in [-0.15, -0.1) is 0 Å². The lowest BCUT2D eigenvalue weighted by atomic mass is 10.2. The molecule has 1 aromatic carbocycles.